The van der Waals surface area contributed by atoms with Crippen LogP contribution in [-0.4, -0.2) is 45.0 Å². The van der Waals surface area contributed by atoms with Gasteiger partial charge < -0.3 is 15.0 Å². The molecule has 0 aliphatic carbocycles. The summed E-state index contributed by atoms with van der Waals surface area (Å²) >= 11 is 0. The van der Waals surface area contributed by atoms with Crippen LogP contribution >= 0.6 is 0 Å². The van der Waals surface area contributed by atoms with Crippen molar-refractivity contribution in [1.82, 2.24) is 19.9 Å². The van der Waals surface area contributed by atoms with Crippen molar-refractivity contribution in [3.8, 4) is 11.3 Å². The number of hydrogen-bond acceptors (Lipinski definition) is 6. The molecule has 4 heterocycles. The summed E-state index contributed by atoms with van der Waals surface area (Å²) in [5, 5.41) is 3.39. The summed E-state index contributed by atoms with van der Waals surface area (Å²) in [4.78, 5) is 29.1. The molecule has 164 valence electrons. The SMILES string of the molecule is O=C([C@H]1CCCCO1)N1CCC[C@@H]1c1nc(Nc2ccccc2)cc(-c2cccnc2)n1. The number of carbonyl (C=O) groups is 1. The van der Waals surface area contributed by atoms with Crippen LogP contribution in [-0.2, 0) is 9.53 Å². The van der Waals surface area contributed by atoms with E-state index in [0.29, 0.717) is 24.8 Å². The number of para-hydroxylation sites is 1. The summed E-state index contributed by atoms with van der Waals surface area (Å²) < 4.78 is 5.78. The molecule has 3 aromatic rings. The van der Waals surface area contributed by atoms with E-state index < -0.39 is 0 Å². The van der Waals surface area contributed by atoms with E-state index in [-0.39, 0.29) is 18.1 Å². The lowest BCUT2D eigenvalue weighted by molar-refractivity contribution is -0.147. The highest BCUT2D eigenvalue weighted by Gasteiger charge is 2.36. The molecule has 32 heavy (non-hydrogen) atoms. The first-order chi connectivity index (χ1) is 15.8. The number of anilines is 2. The lowest BCUT2D eigenvalue weighted by Crippen LogP contribution is -2.41. The minimum Gasteiger partial charge on any atom is -0.368 e. The standard InChI is InChI=1S/C25H27N5O2/c31-25(22-12-4-5-15-32-22)30-14-7-11-21(30)24-28-20(18-8-6-13-26-17-18)16-23(29-24)27-19-9-2-1-3-10-19/h1-3,6,8-10,13,16-17,21-22H,4-5,7,11-12,14-15H2,(H,27,28,29)/t21-,22-/m1/s1. The Morgan fingerprint density at radius 1 is 1.03 bits per heavy atom. The van der Waals surface area contributed by atoms with Gasteiger partial charge in [-0.05, 0) is 56.4 Å². The number of aromatic nitrogens is 3. The number of nitrogens with zero attached hydrogens (tertiary/aromatic N) is 4. The maximum absolute atomic E-state index is 13.2. The van der Waals surface area contributed by atoms with Crippen LogP contribution in [0.5, 0.6) is 0 Å². The molecule has 0 unspecified atom stereocenters. The number of likely N-dealkylation sites (tertiary alicyclic amines) is 1. The summed E-state index contributed by atoms with van der Waals surface area (Å²) in [6, 6.07) is 15.6. The smallest absolute Gasteiger partial charge is 0.252 e. The zero-order valence-corrected chi connectivity index (χ0v) is 18.0. The number of carbonyl (C=O) groups excluding carboxylic acids is 1. The molecule has 7 heteroatoms. The number of rotatable bonds is 5. The van der Waals surface area contributed by atoms with Gasteiger partial charge in [0.05, 0.1) is 11.7 Å². The van der Waals surface area contributed by atoms with Crippen molar-refractivity contribution in [3.63, 3.8) is 0 Å². The number of nitrogens with one attached hydrogen (secondary N) is 1. The molecule has 1 N–H and O–H groups in total. The van der Waals surface area contributed by atoms with Crippen molar-refractivity contribution in [2.75, 3.05) is 18.5 Å². The van der Waals surface area contributed by atoms with E-state index >= 15 is 0 Å². The number of hydrogen-bond donors (Lipinski definition) is 1. The first-order valence-corrected chi connectivity index (χ1v) is 11.3. The largest absolute Gasteiger partial charge is 0.368 e. The maximum Gasteiger partial charge on any atom is 0.252 e. The Bertz CT molecular complexity index is 1050. The van der Waals surface area contributed by atoms with Crippen LogP contribution in [0.15, 0.2) is 60.9 Å². The third kappa shape index (κ3) is 4.48. The van der Waals surface area contributed by atoms with E-state index in [1.165, 1.54) is 0 Å². The van der Waals surface area contributed by atoms with Crippen LogP contribution in [0.25, 0.3) is 11.3 Å². The van der Waals surface area contributed by atoms with Crippen molar-refractivity contribution >= 4 is 17.4 Å². The van der Waals surface area contributed by atoms with Gasteiger partial charge in [-0.25, -0.2) is 9.97 Å². The molecule has 2 atom stereocenters. The van der Waals surface area contributed by atoms with E-state index in [9.17, 15) is 4.79 Å². The summed E-state index contributed by atoms with van der Waals surface area (Å²) in [7, 11) is 0. The van der Waals surface area contributed by atoms with Gasteiger partial charge in [0, 0.05) is 42.9 Å². The molecular weight excluding hydrogens is 402 g/mol. The van der Waals surface area contributed by atoms with Gasteiger partial charge in [0.25, 0.3) is 5.91 Å². The van der Waals surface area contributed by atoms with E-state index in [1.54, 1.807) is 12.4 Å². The number of pyridine rings is 1. The third-order valence-corrected chi connectivity index (χ3v) is 6.04. The first kappa shape index (κ1) is 20.6. The zero-order chi connectivity index (χ0) is 21.8. The molecule has 2 aliphatic rings. The fourth-order valence-electron chi connectivity index (χ4n) is 4.43. The molecule has 0 bridgehead atoms. The van der Waals surface area contributed by atoms with Crippen molar-refractivity contribution in [3.05, 3.63) is 66.7 Å². The molecule has 0 saturated carbocycles. The molecule has 0 radical (unpaired) electrons. The second kappa shape index (κ2) is 9.44. The highest BCUT2D eigenvalue weighted by Crippen LogP contribution is 2.34. The third-order valence-electron chi connectivity index (χ3n) is 6.04. The van der Waals surface area contributed by atoms with E-state index in [1.807, 2.05) is 53.4 Å². The summed E-state index contributed by atoms with van der Waals surface area (Å²) in [5.74, 6) is 1.43. The molecule has 1 amide bonds. The highest BCUT2D eigenvalue weighted by molar-refractivity contribution is 5.81. The van der Waals surface area contributed by atoms with Crippen molar-refractivity contribution in [2.45, 2.75) is 44.2 Å². The Morgan fingerprint density at radius 3 is 2.72 bits per heavy atom. The molecule has 0 spiro atoms. The monoisotopic (exact) mass is 429 g/mol. The van der Waals surface area contributed by atoms with E-state index in [2.05, 4.69) is 10.3 Å². The maximum atomic E-state index is 13.2. The van der Waals surface area contributed by atoms with Gasteiger partial charge in [0.15, 0.2) is 5.82 Å². The second-order valence-electron chi connectivity index (χ2n) is 8.27. The average Bonchev–Trinajstić information content (AvgIpc) is 3.35. The van der Waals surface area contributed by atoms with Gasteiger partial charge in [0.2, 0.25) is 0 Å². The van der Waals surface area contributed by atoms with E-state index in [0.717, 1.165) is 49.0 Å². The van der Waals surface area contributed by atoms with Crippen molar-refractivity contribution in [1.29, 1.82) is 0 Å². The molecule has 2 saturated heterocycles. The van der Waals surface area contributed by atoms with Gasteiger partial charge in [-0.15, -0.1) is 0 Å². The Balaban J connectivity index is 1.48. The number of amides is 1. The predicted molar refractivity (Wildman–Crippen MR) is 122 cm³/mol. The normalized spacial score (nSPS) is 20.8. The fourth-order valence-corrected chi connectivity index (χ4v) is 4.43. The van der Waals surface area contributed by atoms with Crippen LogP contribution in [0.4, 0.5) is 11.5 Å². The van der Waals surface area contributed by atoms with Crippen LogP contribution in [0.3, 0.4) is 0 Å². The molecule has 2 aliphatic heterocycles. The summed E-state index contributed by atoms with van der Waals surface area (Å²) in [6.07, 6.45) is 7.84. The summed E-state index contributed by atoms with van der Waals surface area (Å²) in [5.41, 5.74) is 2.65. The van der Waals surface area contributed by atoms with Crippen LogP contribution in [0.2, 0.25) is 0 Å². The highest BCUT2D eigenvalue weighted by atomic mass is 16.5. The van der Waals surface area contributed by atoms with Gasteiger partial charge >= 0.3 is 0 Å². The van der Waals surface area contributed by atoms with Crippen LogP contribution in [0.1, 0.15) is 44.0 Å². The minimum absolute atomic E-state index is 0.0696. The molecule has 2 fully saturated rings. The number of ether oxygens (including phenoxy) is 1. The first-order valence-electron chi connectivity index (χ1n) is 11.3. The lowest BCUT2D eigenvalue weighted by atomic mass is 10.1. The molecular formula is C25H27N5O2. The molecule has 7 nitrogen and oxygen atoms in total. The van der Waals surface area contributed by atoms with Crippen LogP contribution in [0, 0.1) is 0 Å². The Hall–Kier alpha value is -3.32. The van der Waals surface area contributed by atoms with E-state index in [4.69, 9.17) is 14.7 Å². The second-order valence-corrected chi connectivity index (χ2v) is 8.27. The van der Waals surface area contributed by atoms with Gasteiger partial charge in [-0.3, -0.25) is 9.78 Å². The lowest BCUT2D eigenvalue weighted by Gasteiger charge is -2.30. The Kier molecular flexibility index (Phi) is 6.07. The van der Waals surface area contributed by atoms with Gasteiger partial charge in [-0.2, -0.15) is 0 Å². The zero-order valence-electron chi connectivity index (χ0n) is 18.0. The average molecular weight is 430 g/mol. The van der Waals surface area contributed by atoms with Crippen molar-refractivity contribution < 1.29 is 9.53 Å². The van der Waals surface area contributed by atoms with Gasteiger partial charge in [0.1, 0.15) is 11.9 Å². The van der Waals surface area contributed by atoms with Crippen LogP contribution < -0.4 is 5.32 Å². The fraction of sp³-hybridized carbons (Fsp3) is 0.360. The quantitative estimate of drug-likeness (QED) is 0.643. The Labute approximate surface area is 187 Å². The Morgan fingerprint density at radius 2 is 1.94 bits per heavy atom. The summed E-state index contributed by atoms with van der Waals surface area (Å²) in [6.45, 7) is 1.37. The minimum atomic E-state index is -0.340. The predicted octanol–water partition coefficient (Wildman–Crippen LogP) is 4.51. The van der Waals surface area contributed by atoms with Crippen molar-refractivity contribution in [2.24, 2.45) is 0 Å². The molecule has 2 aromatic heterocycles. The topological polar surface area (TPSA) is 80.2 Å². The molecule has 5 rings (SSSR count). The number of benzene rings is 1. The molecule has 1 aromatic carbocycles. The van der Waals surface area contributed by atoms with Gasteiger partial charge in [-0.1, -0.05) is 18.2 Å².